The Morgan fingerprint density at radius 2 is 1.47 bits per heavy atom. The summed E-state index contributed by atoms with van der Waals surface area (Å²) in [6, 6.07) is 0. The van der Waals surface area contributed by atoms with Crippen molar-refractivity contribution in [3.05, 3.63) is 23.3 Å². The highest BCUT2D eigenvalue weighted by molar-refractivity contribution is 6.04. The summed E-state index contributed by atoms with van der Waals surface area (Å²) in [5.41, 5.74) is -4.83. The number of unbranched alkanes of at least 4 members (excludes halogenated alkanes) is 10. The van der Waals surface area contributed by atoms with Crippen LogP contribution < -0.4 is 0 Å². The summed E-state index contributed by atoms with van der Waals surface area (Å²) in [5.74, 6) is -5.00. The second kappa shape index (κ2) is 14.5. The molecule has 264 valence electrons. The van der Waals surface area contributed by atoms with Crippen LogP contribution in [0.25, 0.3) is 0 Å². The van der Waals surface area contributed by atoms with Gasteiger partial charge in [0.1, 0.15) is 18.3 Å². The molecule has 0 amide bonds. The zero-order valence-electron chi connectivity index (χ0n) is 29.7. The largest absolute Gasteiger partial charge is 0.461 e. The van der Waals surface area contributed by atoms with Crippen LogP contribution in [0, 0.1) is 29.1 Å². The molecule has 0 heterocycles. The van der Waals surface area contributed by atoms with Crippen molar-refractivity contribution >= 4 is 23.7 Å². The zero-order chi connectivity index (χ0) is 34.8. The quantitative estimate of drug-likeness (QED) is 0.0845. The lowest BCUT2D eigenvalue weighted by atomic mass is 9.59. The van der Waals surface area contributed by atoms with E-state index in [0.717, 1.165) is 19.3 Å². The average Bonchev–Trinajstić information content (AvgIpc) is 3.42. The van der Waals surface area contributed by atoms with Crippen molar-refractivity contribution in [1.82, 2.24) is 0 Å². The van der Waals surface area contributed by atoms with E-state index in [2.05, 4.69) is 6.92 Å². The molecule has 4 aliphatic carbocycles. The normalized spacial score (nSPS) is 35.0. The smallest absolute Gasteiger partial charge is 0.306 e. The monoisotopic (exact) mass is 658 g/mol. The van der Waals surface area contributed by atoms with Gasteiger partial charge in [-0.1, -0.05) is 104 Å². The van der Waals surface area contributed by atoms with Crippen LogP contribution in [0.4, 0.5) is 0 Å². The molecule has 0 aromatic carbocycles. The van der Waals surface area contributed by atoms with E-state index in [1.807, 2.05) is 13.8 Å². The predicted molar refractivity (Wildman–Crippen MR) is 177 cm³/mol. The Kier molecular flexibility index (Phi) is 11.5. The van der Waals surface area contributed by atoms with Crippen molar-refractivity contribution < 1.29 is 43.6 Å². The van der Waals surface area contributed by atoms with Gasteiger partial charge < -0.3 is 24.4 Å². The fraction of sp³-hybridized carbons (Fsp3) is 0.789. The SMILES string of the molecule is CCCCCCCCCCCCCC(=O)OC1C(C)C2(O)C(C=C(COC(C)=O)CC3(O)C(=O)C(C)=CC32)C2C(C)(C)C12OC(C)=O. The lowest BCUT2D eigenvalue weighted by Gasteiger charge is -2.53. The van der Waals surface area contributed by atoms with Crippen LogP contribution in [0.15, 0.2) is 23.3 Å². The zero-order valence-corrected chi connectivity index (χ0v) is 29.7. The minimum absolute atomic E-state index is 0.125. The molecule has 8 unspecified atom stereocenters. The molecule has 0 aliphatic heterocycles. The third kappa shape index (κ3) is 6.85. The molecular formula is C38H58O9. The van der Waals surface area contributed by atoms with Gasteiger partial charge in [-0.25, -0.2) is 0 Å². The van der Waals surface area contributed by atoms with Crippen LogP contribution in [0.5, 0.6) is 0 Å². The first-order valence-electron chi connectivity index (χ1n) is 18.0. The van der Waals surface area contributed by atoms with E-state index in [1.165, 1.54) is 58.8 Å². The number of carbonyl (C=O) groups is 4. The molecular weight excluding hydrogens is 600 g/mol. The summed E-state index contributed by atoms with van der Waals surface area (Å²) in [4.78, 5) is 51.3. The number of fused-ring (bicyclic) bond motifs is 5. The second-order valence-electron chi connectivity index (χ2n) is 15.3. The number of aliphatic hydroxyl groups is 2. The lowest BCUT2D eigenvalue weighted by molar-refractivity contribution is -0.228. The third-order valence-corrected chi connectivity index (χ3v) is 11.8. The van der Waals surface area contributed by atoms with Crippen LogP contribution in [0.2, 0.25) is 0 Å². The molecule has 0 saturated heterocycles. The Morgan fingerprint density at radius 1 is 0.894 bits per heavy atom. The highest BCUT2D eigenvalue weighted by Crippen LogP contribution is 2.77. The molecule has 0 spiro atoms. The van der Waals surface area contributed by atoms with Gasteiger partial charge in [0.25, 0.3) is 0 Å². The fourth-order valence-corrected chi connectivity index (χ4v) is 9.38. The highest BCUT2D eigenvalue weighted by Gasteiger charge is 2.87. The maximum Gasteiger partial charge on any atom is 0.306 e. The van der Waals surface area contributed by atoms with Gasteiger partial charge in [-0.05, 0) is 24.5 Å². The summed E-state index contributed by atoms with van der Waals surface area (Å²) in [7, 11) is 0. The molecule has 9 heteroatoms. The van der Waals surface area contributed by atoms with Crippen molar-refractivity contribution in [2.45, 2.75) is 155 Å². The third-order valence-electron chi connectivity index (χ3n) is 11.8. The Morgan fingerprint density at radius 3 is 2.02 bits per heavy atom. The highest BCUT2D eigenvalue weighted by atomic mass is 16.6. The maximum atomic E-state index is 13.5. The van der Waals surface area contributed by atoms with Crippen molar-refractivity contribution in [3.8, 4) is 0 Å². The summed E-state index contributed by atoms with van der Waals surface area (Å²) in [6.45, 7) is 11.9. The second-order valence-corrected chi connectivity index (χ2v) is 15.3. The Labute approximate surface area is 280 Å². The van der Waals surface area contributed by atoms with E-state index in [0.29, 0.717) is 17.6 Å². The molecule has 0 radical (unpaired) electrons. The van der Waals surface area contributed by atoms with E-state index < -0.39 is 75.7 Å². The van der Waals surface area contributed by atoms with E-state index in [9.17, 15) is 29.4 Å². The predicted octanol–water partition coefficient (Wildman–Crippen LogP) is 6.32. The average molecular weight is 659 g/mol. The van der Waals surface area contributed by atoms with Crippen LogP contribution in [-0.4, -0.2) is 63.4 Å². The molecule has 0 bridgehead atoms. The van der Waals surface area contributed by atoms with E-state index in [4.69, 9.17) is 14.2 Å². The van der Waals surface area contributed by atoms with Crippen LogP contribution >= 0.6 is 0 Å². The van der Waals surface area contributed by atoms with Gasteiger partial charge in [0.15, 0.2) is 11.4 Å². The molecule has 2 saturated carbocycles. The number of rotatable bonds is 16. The van der Waals surface area contributed by atoms with E-state index >= 15 is 0 Å². The van der Waals surface area contributed by atoms with Crippen molar-refractivity contribution in [2.75, 3.05) is 6.61 Å². The molecule has 9 nitrogen and oxygen atoms in total. The van der Waals surface area contributed by atoms with Gasteiger partial charge in [0.05, 0.1) is 5.60 Å². The molecule has 47 heavy (non-hydrogen) atoms. The number of hydrogen-bond donors (Lipinski definition) is 2. The van der Waals surface area contributed by atoms with Gasteiger partial charge >= 0.3 is 17.9 Å². The van der Waals surface area contributed by atoms with Crippen molar-refractivity contribution in [1.29, 1.82) is 0 Å². The molecule has 4 aliphatic rings. The molecule has 0 aromatic rings. The minimum atomic E-state index is -1.97. The Bertz CT molecular complexity index is 1270. The number of ketones is 1. The topological polar surface area (TPSA) is 136 Å². The van der Waals surface area contributed by atoms with Crippen LogP contribution in [0.1, 0.15) is 132 Å². The standard InChI is InChI=1S/C38H58O9/c1-8-9-10-11-12-13-14-15-16-17-18-19-31(41)46-34-25(3)37(44)29(32-35(6,7)38(32,34)47-27(5)40)21-28(23-45-26(4)39)22-36(43)30(37)20-24(2)33(36)42/h20-21,25,29-30,32,34,43-44H,8-19,22-23H2,1-7H3. The van der Waals surface area contributed by atoms with E-state index in [1.54, 1.807) is 26.0 Å². The first-order chi connectivity index (χ1) is 22.1. The minimum Gasteiger partial charge on any atom is -0.461 e. The fourth-order valence-electron chi connectivity index (χ4n) is 9.38. The molecule has 2 fully saturated rings. The molecule has 4 rings (SSSR count). The van der Waals surface area contributed by atoms with Crippen LogP contribution in [-0.2, 0) is 33.4 Å². The Hall–Kier alpha value is -2.52. The number of esters is 3. The first kappa shape index (κ1) is 37.3. The van der Waals surface area contributed by atoms with Gasteiger partial charge in [-0.15, -0.1) is 0 Å². The lowest BCUT2D eigenvalue weighted by Crippen LogP contribution is -2.66. The van der Waals surface area contributed by atoms with Crippen LogP contribution in [0.3, 0.4) is 0 Å². The number of carbonyl (C=O) groups excluding carboxylic acids is 4. The molecule has 2 N–H and O–H groups in total. The molecule has 0 aromatic heterocycles. The number of ether oxygens (including phenoxy) is 3. The summed E-state index contributed by atoms with van der Waals surface area (Å²) < 4.78 is 17.7. The van der Waals surface area contributed by atoms with E-state index in [-0.39, 0.29) is 19.4 Å². The van der Waals surface area contributed by atoms with Gasteiger partial charge in [-0.2, -0.15) is 0 Å². The summed E-state index contributed by atoms with van der Waals surface area (Å²) in [6.07, 6.45) is 15.2. The Balaban J connectivity index is 1.55. The van der Waals surface area contributed by atoms with Crippen molar-refractivity contribution in [3.63, 3.8) is 0 Å². The first-order valence-corrected chi connectivity index (χ1v) is 18.0. The number of hydrogen-bond acceptors (Lipinski definition) is 9. The van der Waals surface area contributed by atoms with Gasteiger partial charge in [0.2, 0.25) is 0 Å². The van der Waals surface area contributed by atoms with Gasteiger partial charge in [0, 0.05) is 55.8 Å². The molecule has 8 atom stereocenters. The summed E-state index contributed by atoms with van der Waals surface area (Å²) >= 11 is 0. The number of Topliss-reactive ketones (excluding diaryl/α,β-unsaturated/α-hetero) is 1. The van der Waals surface area contributed by atoms with Gasteiger partial charge in [-0.3, -0.25) is 19.2 Å². The maximum absolute atomic E-state index is 13.5. The van der Waals surface area contributed by atoms with Crippen molar-refractivity contribution in [2.24, 2.45) is 29.1 Å². The summed E-state index contributed by atoms with van der Waals surface area (Å²) in [5, 5.41) is 24.9.